The van der Waals surface area contributed by atoms with Crippen molar-refractivity contribution in [2.24, 2.45) is 11.3 Å². The summed E-state index contributed by atoms with van der Waals surface area (Å²) in [6.07, 6.45) is 12.1. The minimum Gasteiger partial charge on any atom is -0.481 e. The summed E-state index contributed by atoms with van der Waals surface area (Å²) in [4.78, 5) is 11.7. The maximum absolute atomic E-state index is 11.7. The molecule has 2 rings (SSSR count). The summed E-state index contributed by atoms with van der Waals surface area (Å²) in [6, 6.07) is 0. The van der Waals surface area contributed by atoms with Crippen LogP contribution >= 0.6 is 0 Å². The molecule has 1 N–H and O–H groups in total. The van der Waals surface area contributed by atoms with Gasteiger partial charge in [-0.2, -0.15) is 0 Å². The second-order valence-corrected chi connectivity index (χ2v) is 6.84. The van der Waals surface area contributed by atoms with Crippen molar-refractivity contribution in [2.75, 3.05) is 6.61 Å². The molecule has 0 amide bonds. The third kappa shape index (κ3) is 3.97. The minimum atomic E-state index is -0.556. The van der Waals surface area contributed by atoms with Gasteiger partial charge in [0.15, 0.2) is 0 Å². The molecule has 0 aromatic rings. The van der Waals surface area contributed by atoms with E-state index in [9.17, 15) is 9.90 Å². The lowest BCUT2D eigenvalue weighted by atomic mass is 9.67. The molecule has 1 saturated heterocycles. The summed E-state index contributed by atoms with van der Waals surface area (Å²) in [5.41, 5.74) is -0.428. The van der Waals surface area contributed by atoms with Gasteiger partial charge in [-0.05, 0) is 63.7 Å². The van der Waals surface area contributed by atoms with Gasteiger partial charge in [0, 0.05) is 6.61 Å². The Morgan fingerprint density at radius 1 is 1.25 bits per heavy atom. The normalized spacial score (nSPS) is 34.2. The fourth-order valence-electron chi connectivity index (χ4n) is 4.04. The fraction of sp³-hybridized carbons (Fsp3) is 0.941. The highest BCUT2D eigenvalue weighted by Crippen LogP contribution is 2.44. The number of hydrogen-bond acceptors (Lipinski definition) is 2. The molecule has 1 aliphatic heterocycles. The van der Waals surface area contributed by atoms with Crippen molar-refractivity contribution in [3.8, 4) is 0 Å². The first-order chi connectivity index (χ1) is 9.66. The van der Waals surface area contributed by atoms with E-state index in [-0.39, 0.29) is 0 Å². The van der Waals surface area contributed by atoms with Crippen LogP contribution in [0.2, 0.25) is 0 Å². The van der Waals surface area contributed by atoms with E-state index in [2.05, 4.69) is 6.92 Å². The van der Waals surface area contributed by atoms with Crippen LogP contribution in [0.25, 0.3) is 0 Å². The van der Waals surface area contributed by atoms with E-state index < -0.39 is 11.4 Å². The van der Waals surface area contributed by atoms with Gasteiger partial charge in [0.2, 0.25) is 0 Å². The number of carboxylic acids is 1. The zero-order valence-corrected chi connectivity index (χ0v) is 12.9. The Labute approximate surface area is 123 Å². The average Bonchev–Trinajstić information content (AvgIpc) is 2.94. The summed E-state index contributed by atoms with van der Waals surface area (Å²) in [5.74, 6) is 0.213. The monoisotopic (exact) mass is 282 g/mol. The summed E-state index contributed by atoms with van der Waals surface area (Å²) < 4.78 is 5.64. The Balaban J connectivity index is 1.79. The molecule has 1 atom stereocenters. The van der Waals surface area contributed by atoms with E-state index in [4.69, 9.17) is 4.74 Å². The summed E-state index contributed by atoms with van der Waals surface area (Å²) >= 11 is 0. The highest BCUT2D eigenvalue weighted by Gasteiger charge is 2.41. The van der Waals surface area contributed by atoms with Crippen LogP contribution in [0.4, 0.5) is 0 Å². The number of carboxylic acid groups (broad SMARTS) is 1. The van der Waals surface area contributed by atoms with Gasteiger partial charge in [-0.15, -0.1) is 0 Å². The molecule has 2 aliphatic rings. The van der Waals surface area contributed by atoms with E-state index in [1.807, 2.05) is 0 Å². The Kier molecular flexibility index (Phi) is 5.88. The van der Waals surface area contributed by atoms with E-state index >= 15 is 0 Å². The molecule has 116 valence electrons. The van der Waals surface area contributed by atoms with Crippen LogP contribution in [0.3, 0.4) is 0 Å². The third-order valence-corrected chi connectivity index (χ3v) is 5.42. The fourth-order valence-corrected chi connectivity index (χ4v) is 4.04. The van der Waals surface area contributed by atoms with E-state index in [1.54, 1.807) is 0 Å². The molecule has 20 heavy (non-hydrogen) atoms. The molecule has 0 radical (unpaired) electrons. The van der Waals surface area contributed by atoms with Crippen molar-refractivity contribution in [1.29, 1.82) is 0 Å². The lowest BCUT2D eigenvalue weighted by Gasteiger charge is -2.37. The molecule has 0 spiro atoms. The number of rotatable bonds is 7. The van der Waals surface area contributed by atoms with Crippen LogP contribution in [-0.4, -0.2) is 23.8 Å². The molecule has 1 saturated carbocycles. The van der Waals surface area contributed by atoms with Crippen molar-refractivity contribution in [3.63, 3.8) is 0 Å². The Morgan fingerprint density at radius 3 is 2.55 bits per heavy atom. The highest BCUT2D eigenvalue weighted by atomic mass is 16.5. The van der Waals surface area contributed by atoms with Gasteiger partial charge in [0.1, 0.15) is 0 Å². The molecule has 1 heterocycles. The number of ether oxygens (including phenoxy) is 1. The largest absolute Gasteiger partial charge is 0.481 e. The standard InChI is InChI=1S/C17H30O3/c1-2-5-14-8-11-17(12-9-14,16(18)19)10-3-6-15-7-4-13-20-15/h14-15H,2-13H2,1H3,(H,18,19). The summed E-state index contributed by atoms with van der Waals surface area (Å²) in [6.45, 7) is 3.12. The van der Waals surface area contributed by atoms with E-state index in [1.165, 1.54) is 25.7 Å². The van der Waals surface area contributed by atoms with Crippen molar-refractivity contribution in [3.05, 3.63) is 0 Å². The van der Waals surface area contributed by atoms with Gasteiger partial charge in [-0.1, -0.05) is 19.8 Å². The molecule has 1 aliphatic carbocycles. The zero-order valence-electron chi connectivity index (χ0n) is 12.9. The maximum atomic E-state index is 11.7. The van der Waals surface area contributed by atoms with Gasteiger partial charge in [-0.3, -0.25) is 4.79 Å². The second-order valence-electron chi connectivity index (χ2n) is 6.84. The van der Waals surface area contributed by atoms with Crippen LogP contribution < -0.4 is 0 Å². The quantitative estimate of drug-likeness (QED) is 0.753. The topological polar surface area (TPSA) is 46.5 Å². The lowest BCUT2D eigenvalue weighted by Crippen LogP contribution is -2.35. The van der Waals surface area contributed by atoms with Gasteiger partial charge in [-0.25, -0.2) is 0 Å². The van der Waals surface area contributed by atoms with Crippen LogP contribution in [0.5, 0.6) is 0 Å². The number of carbonyl (C=O) groups is 1. The molecular weight excluding hydrogens is 252 g/mol. The molecule has 3 heteroatoms. The van der Waals surface area contributed by atoms with Crippen LogP contribution in [-0.2, 0) is 9.53 Å². The Hall–Kier alpha value is -0.570. The van der Waals surface area contributed by atoms with Gasteiger partial charge >= 0.3 is 5.97 Å². The first-order valence-corrected chi connectivity index (χ1v) is 8.51. The van der Waals surface area contributed by atoms with Crippen LogP contribution in [0.1, 0.15) is 77.6 Å². The second kappa shape index (κ2) is 7.44. The number of hydrogen-bond donors (Lipinski definition) is 1. The molecule has 2 fully saturated rings. The van der Waals surface area contributed by atoms with Crippen molar-refractivity contribution >= 4 is 5.97 Å². The van der Waals surface area contributed by atoms with Gasteiger partial charge in [0.25, 0.3) is 0 Å². The Bertz CT molecular complexity index is 299. The maximum Gasteiger partial charge on any atom is 0.309 e. The van der Waals surface area contributed by atoms with Gasteiger partial charge in [0.05, 0.1) is 11.5 Å². The third-order valence-electron chi connectivity index (χ3n) is 5.42. The van der Waals surface area contributed by atoms with Crippen molar-refractivity contribution < 1.29 is 14.6 Å². The molecular formula is C17H30O3. The first kappa shape index (κ1) is 15.8. The minimum absolute atomic E-state index is 0.400. The molecule has 3 nitrogen and oxygen atoms in total. The van der Waals surface area contributed by atoms with Crippen LogP contribution in [0, 0.1) is 11.3 Å². The molecule has 0 aromatic heterocycles. The average molecular weight is 282 g/mol. The molecule has 1 unspecified atom stereocenters. The lowest BCUT2D eigenvalue weighted by molar-refractivity contribution is -0.152. The zero-order chi connectivity index (χ0) is 14.4. The van der Waals surface area contributed by atoms with Gasteiger partial charge < -0.3 is 9.84 Å². The van der Waals surface area contributed by atoms with Crippen LogP contribution in [0.15, 0.2) is 0 Å². The van der Waals surface area contributed by atoms with Crippen molar-refractivity contribution in [1.82, 2.24) is 0 Å². The SMILES string of the molecule is CCCC1CCC(CCCC2CCCO2)(C(=O)O)CC1. The predicted molar refractivity (Wildman–Crippen MR) is 79.8 cm³/mol. The Morgan fingerprint density at radius 2 is 2.00 bits per heavy atom. The predicted octanol–water partition coefficient (Wildman–Crippen LogP) is 4.40. The summed E-state index contributed by atoms with van der Waals surface area (Å²) in [5, 5.41) is 9.67. The van der Waals surface area contributed by atoms with E-state index in [0.717, 1.165) is 57.5 Å². The van der Waals surface area contributed by atoms with Crippen molar-refractivity contribution in [2.45, 2.75) is 83.7 Å². The molecule has 0 aromatic carbocycles. The molecule has 0 bridgehead atoms. The first-order valence-electron chi connectivity index (χ1n) is 8.51. The highest BCUT2D eigenvalue weighted by molar-refractivity contribution is 5.74. The summed E-state index contributed by atoms with van der Waals surface area (Å²) in [7, 11) is 0. The number of aliphatic carboxylic acids is 1. The van der Waals surface area contributed by atoms with E-state index in [0.29, 0.717) is 6.10 Å². The smallest absolute Gasteiger partial charge is 0.309 e.